The van der Waals surface area contributed by atoms with E-state index in [0.29, 0.717) is 28.8 Å². The van der Waals surface area contributed by atoms with Gasteiger partial charge in [-0.3, -0.25) is 9.55 Å². The summed E-state index contributed by atoms with van der Waals surface area (Å²) < 4.78 is 7.42. The average molecular weight is 328 g/mol. The first-order valence-corrected chi connectivity index (χ1v) is 7.57. The Morgan fingerprint density at radius 2 is 1.84 bits per heavy atom. The third-order valence-electron chi connectivity index (χ3n) is 3.70. The summed E-state index contributed by atoms with van der Waals surface area (Å²) in [6.07, 6.45) is 3.36. The van der Waals surface area contributed by atoms with Crippen LogP contribution in [0.2, 0.25) is 0 Å². The normalized spacial score (nSPS) is 10.6. The van der Waals surface area contributed by atoms with Gasteiger partial charge in [-0.15, -0.1) is 10.2 Å². The van der Waals surface area contributed by atoms with Gasteiger partial charge in [-0.05, 0) is 31.2 Å². The standard InChI is InChI=1S/C18H12N6O/c1-12-16(18-23-22-17(25-18)13-6-3-2-4-7-13)21-15(11-20-12)24-9-5-8-14(24)10-19/h2-9,11H,1H3. The Hall–Kier alpha value is -3.79. The van der Waals surface area contributed by atoms with Gasteiger partial charge in [0.2, 0.25) is 5.89 Å². The highest BCUT2D eigenvalue weighted by molar-refractivity contribution is 5.57. The van der Waals surface area contributed by atoms with Gasteiger partial charge in [0.1, 0.15) is 11.8 Å². The summed E-state index contributed by atoms with van der Waals surface area (Å²) in [5, 5.41) is 17.4. The molecule has 7 heteroatoms. The number of rotatable bonds is 3. The minimum Gasteiger partial charge on any atom is -0.415 e. The molecule has 0 bridgehead atoms. The van der Waals surface area contributed by atoms with Crippen molar-refractivity contribution in [3.63, 3.8) is 0 Å². The monoisotopic (exact) mass is 328 g/mol. The van der Waals surface area contributed by atoms with E-state index in [9.17, 15) is 5.26 Å². The lowest BCUT2D eigenvalue weighted by molar-refractivity contribution is 0.580. The van der Waals surface area contributed by atoms with Crippen LogP contribution in [0.15, 0.2) is 59.3 Å². The number of nitriles is 1. The van der Waals surface area contributed by atoms with E-state index in [-0.39, 0.29) is 5.89 Å². The molecule has 0 atom stereocenters. The predicted octanol–water partition coefficient (Wildman–Crippen LogP) is 3.16. The lowest BCUT2D eigenvalue weighted by atomic mass is 10.2. The summed E-state index contributed by atoms with van der Waals surface area (Å²) in [5.41, 5.74) is 2.46. The first-order chi connectivity index (χ1) is 12.3. The molecule has 0 fully saturated rings. The van der Waals surface area contributed by atoms with Crippen LogP contribution in [-0.2, 0) is 0 Å². The van der Waals surface area contributed by atoms with Crippen molar-refractivity contribution in [1.29, 1.82) is 5.26 Å². The zero-order chi connectivity index (χ0) is 17.2. The predicted molar refractivity (Wildman–Crippen MR) is 89.5 cm³/mol. The van der Waals surface area contributed by atoms with Gasteiger partial charge in [0.15, 0.2) is 11.5 Å². The first-order valence-electron chi connectivity index (χ1n) is 7.57. The van der Waals surface area contributed by atoms with E-state index < -0.39 is 0 Å². The Kier molecular flexibility index (Phi) is 3.56. The second-order valence-electron chi connectivity index (χ2n) is 5.32. The van der Waals surface area contributed by atoms with E-state index in [1.807, 2.05) is 37.3 Å². The fourth-order valence-corrected chi connectivity index (χ4v) is 2.45. The van der Waals surface area contributed by atoms with Crippen LogP contribution in [0.3, 0.4) is 0 Å². The van der Waals surface area contributed by atoms with Crippen LogP contribution in [0.5, 0.6) is 0 Å². The highest BCUT2D eigenvalue weighted by Gasteiger charge is 2.16. The van der Waals surface area contributed by atoms with Crippen molar-refractivity contribution >= 4 is 0 Å². The topological polar surface area (TPSA) is 93.4 Å². The molecule has 0 radical (unpaired) electrons. The molecule has 4 aromatic rings. The Labute approximate surface area is 143 Å². The molecule has 0 N–H and O–H groups in total. The minimum absolute atomic E-state index is 0.288. The van der Waals surface area contributed by atoms with E-state index >= 15 is 0 Å². The number of aryl methyl sites for hydroxylation is 1. The Morgan fingerprint density at radius 1 is 1.04 bits per heavy atom. The summed E-state index contributed by atoms with van der Waals surface area (Å²) >= 11 is 0. The Bertz CT molecular complexity index is 1070. The fraction of sp³-hybridized carbons (Fsp3) is 0.0556. The molecule has 3 aromatic heterocycles. The van der Waals surface area contributed by atoms with Crippen LogP contribution in [0.25, 0.3) is 28.9 Å². The number of nitrogens with zero attached hydrogens (tertiary/aromatic N) is 6. The largest absolute Gasteiger partial charge is 0.415 e. The molecule has 0 aliphatic heterocycles. The molecule has 3 heterocycles. The fourth-order valence-electron chi connectivity index (χ4n) is 2.45. The zero-order valence-corrected chi connectivity index (χ0v) is 13.3. The van der Waals surface area contributed by atoms with E-state index in [1.165, 1.54) is 0 Å². The number of hydrogen-bond donors (Lipinski definition) is 0. The van der Waals surface area contributed by atoms with Gasteiger partial charge < -0.3 is 4.42 Å². The maximum atomic E-state index is 9.18. The minimum atomic E-state index is 0.288. The van der Waals surface area contributed by atoms with Gasteiger partial charge in [-0.1, -0.05) is 18.2 Å². The van der Waals surface area contributed by atoms with Crippen molar-refractivity contribution in [3.05, 3.63) is 66.2 Å². The number of hydrogen-bond acceptors (Lipinski definition) is 6. The molecule has 0 saturated carbocycles. The second-order valence-corrected chi connectivity index (χ2v) is 5.32. The van der Waals surface area contributed by atoms with Crippen molar-refractivity contribution in [3.8, 4) is 34.9 Å². The van der Waals surface area contributed by atoms with E-state index in [1.54, 1.807) is 29.1 Å². The molecule has 0 unspecified atom stereocenters. The lowest BCUT2D eigenvalue weighted by Crippen LogP contribution is -2.03. The Morgan fingerprint density at radius 3 is 2.64 bits per heavy atom. The Balaban J connectivity index is 1.78. The van der Waals surface area contributed by atoms with Crippen molar-refractivity contribution < 1.29 is 4.42 Å². The molecule has 120 valence electrons. The molecule has 0 aliphatic carbocycles. The van der Waals surface area contributed by atoms with Crippen molar-refractivity contribution in [2.75, 3.05) is 0 Å². The molecular formula is C18H12N6O. The molecular weight excluding hydrogens is 316 g/mol. The maximum Gasteiger partial charge on any atom is 0.268 e. The zero-order valence-electron chi connectivity index (χ0n) is 13.3. The lowest BCUT2D eigenvalue weighted by Gasteiger charge is -2.06. The van der Waals surface area contributed by atoms with Crippen LogP contribution >= 0.6 is 0 Å². The van der Waals surface area contributed by atoms with Gasteiger partial charge in [0.05, 0.1) is 11.9 Å². The third-order valence-corrected chi connectivity index (χ3v) is 3.70. The van der Waals surface area contributed by atoms with Crippen molar-refractivity contribution in [2.24, 2.45) is 0 Å². The molecule has 0 saturated heterocycles. The highest BCUT2D eigenvalue weighted by Crippen LogP contribution is 2.24. The summed E-state index contributed by atoms with van der Waals surface area (Å²) in [6, 6.07) is 15.1. The van der Waals surface area contributed by atoms with E-state index in [0.717, 1.165) is 5.56 Å². The molecule has 0 aliphatic rings. The van der Waals surface area contributed by atoms with Crippen LogP contribution < -0.4 is 0 Å². The quantitative estimate of drug-likeness (QED) is 0.573. The van der Waals surface area contributed by atoms with Gasteiger partial charge in [-0.25, -0.2) is 4.98 Å². The van der Waals surface area contributed by atoms with Crippen LogP contribution in [0, 0.1) is 18.3 Å². The van der Waals surface area contributed by atoms with Gasteiger partial charge in [-0.2, -0.15) is 5.26 Å². The summed E-state index contributed by atoms with van der Waals surface area (Å²) in [5.74, 6) is 1.22. The van der Waals surface area contributed by atoms with E-state index in [4.69, 9.17) is 4.42 Å². The number of benzene rings is 1. The first kappa shape index (κ1) is 14.8. The maximum absolute atomic E-state index is 9.18. The SMILES string of the molecule is Cc1ncc(-n2cccc2C#N)nc1-c1nnc(-c2ccccc2)o1. The molecule has 25 heavy (non-hydrogen) atoms. The van der Waals surface area contributed by atoms with Crippen molar-refractivity contribution in [2.45, 2.75) is 6.92 Å². The smallest absolute Gasteiger partial charge is 0.268 e. The second kappa shape index (κ2) is 6.02. The summed E-state index contributed by atoms with van der Waals surface area (Å²) in [4.78, 5) is 8.90. The van der Waals surface area contributed by atoms with Crippen molar-refractivity contribution in [1.82, 2.24) is 24.7 Å². The molecule has 7 nitrogen and oxygen atoms in total. The third kappa shape index (κ3) is 2.66. The highest BCUT2D eigenvalue weighted by atomic mass is 16.4. The number of aromatic nitrogens is 5. The van der Waals surface area contributed by atoms with Gasteiger partial charge in [0, 0.05) is 11.8 Å². The van der Waals surface area contributed by atoms with E-state index in [2.05, 4.69) is 26.2 Å². The molecule has 1 aromatic carbocycles. The molecule has 4 rings (SSSR count). The summed E-state index contributed by atoms with van der Waals surface area (Å²) in [7, 11) is 0. The molecule has 0 spiro atoms. The summed E-state index contributed by atoms with van der Waals surface area (Å²) in [6.45, 7) is 1.82. The van der Waals surface area contributed by atoms with Crippen LogP contribution in [0.1, 0.15) is 11.4 Å². The van der Waals surface area contributed by atoms with Gasteiger partial charge >= 0.3 is 0 Å². The molecule has 0 amide bonds. The van der Waals surface area contributed by atoms with Gasteiger partial charge in [0.25, 0.3) is 5.89 Å². The average Bonchev–Trinajstić information content (AvgIpc) is 3.32. The van der Waals surface area contributed by atoms with Crippen LogP contribution in [0.4, 0.5) is 0 Å². The van der Waals surface area contributed by atoms with Crippen LogP contribution in [-0.4, -0.2) is 24.7 Å².